The number of ether oxygens (including phenoxy) is 3. The molecule has 1 heterocycles. The van der Waals surface area contributed by atoms with Crippen molar-refractivity contribution in [3.8, 4) is 0 Å². The van der Waals surface area contributed by atoms with Crippen molar-refractivity contribution >= 4 is 22.8 Å². The van der Waals surface area contributed by atoms with Crippen molar-refractivity contribution in [1.82, 2.24) is 9.78 Å². The Kier molecular flexibility index (Phi) is 5.75. The van der Waals surface area contributed by atoms with E-state index in [1.54, 1.807) is 0 Å². The molecule has 7 nitrogen and oxygen atoms in total. The van der Waals surface area contributed by atoms with Gasteiger partial charge in [-0.3, -0.25) is 4.68 Å². The van der Waals surface area contributed by atoms with Crippen LogP contribution in [0.1, 0.15) is 11.3 Å². The zero-order valence-corrected chi connectivity index (χ0v) is 16.0. The molecular formula is C21H22N2O5. The first kappa shape index (κ1) is 19.6. The second-order valence-electron chi connectivity index (χ2n) is 6.30. The van der Waals surface area contributed by atoms with Crippen LogP contribution in [-0.4, -0.2) is 48.6 Å². The van der Waals surface area contributed by atoms with Crippen molar-refractivity contribution in [2.24, 2.45) is 0 Å². The molecule has 1 aromatic heterocycles. The number of rotatable bonds is 7. The van der Waals surface area contributed by atoms with Gasteiger partial charge in [-0.2, -0.15) is 5.10 Å². The zero-order valence-electron chi connectivity index (χ0n) is 16.0. The number of esters is 2. The van der Waals surface area contributed by atoms with Crippen LogP contribution in [0.2, 0.25) is 0 Å². The average Bonchev–Trinajstić information content (AvgIpc) is 3.08. The lowest BCUT2D eigenvalue weighted by atomic mass is 9.95. The fourth-order valence-corrected chi connectivity index (χ4v) is 3.24. The van der Waals surface area contributed by atoms with Crippen LogP contribution in [0.3, 0.4) is 0 Å². The minimum absolute atomic E-state index is 0.106. The normalized spacial score (nSPS) is 11.4. The monoisotopic (exact) mass is 382 g/mol. The topological polar surface area (TPSA) is 79.6 Å². The van der Waals surface area contributed by atoms with Gasteiger partial charge in [-0.1, -0.05) is 48.5 Å². The van der Waals surface area contributed by atoms with E-state index in [4.69, 9.17) is 14.2 Å². The van der Waals surface area contributed by atoms with Gasteiger partial charge in [0.2, 0.25) is 0 Å². The number of methoxy groups -OCH3 is 3. The second kappa shape index (κ2) is 8.22. The van der Waals surface area contributed by atoms with Crippen LogP contribution in [0.5, 0.6) is 0 Å². The first-order valence-electron chi connectivity index (χ1n) is 8.76. The molecule has 0 aliphatic heterocycles. The maximum atomic E-state index is 12.4. The quantitative estimate of drug-likeness (QED) is 0.461. The molecule has 0 unspecified atom stereocenters. The van der Waals surface area contributed by atoms with E-state index in [0.717, 1.165) is 16.5 Å². The molecule has 0 aliphatic rings. The summed E-state index contributed by atoms with van der Waals surface area (Å²) < 4.78 is 16.8. The molecule has 0 fully saturated rings. The first-order chi connectivity index (χ1) is 13.6. The van der Waals surface area contributed by atoms with Gasteiger partial charge < -0.3 is 14.2 Å². The van der Waals surface area contributed by atoms with Gasteiger partial charge in [-0.15, -0.1) is 0 Å². The largest absolute Gasteiger partial charge is 0.466 e. The Morgan fingerprint density at radius 2 is 1.54 bits per heavy atom. The number of fused-ring (bicyclic) bond motifs is 1. The molecule has 3 aromatic rings. The van der Waals surface area contributed by atoms with Gasteiger partial charge in [0, 0.05) is 18.9 Å². The van der Waals surface area contributed by atoms with Crippen LogP contribution in [0.4, 0.5) is 0 Å². The highest BCUT2D eigenvalue weighted by Gasteiger charge is 2.50. The van der Waals surface area contributed by atoms with Crippen LogP contribution in [0.15, 0.2) is 54.6 Å². The predicted molar refractivity (Wildman–Crippen MR) is 103 cm³/mol. The Bertz CT molecular complexity index is 965. The Hall–Kier alpha value is -3.19. The summed E-state index contributed by atoms with van der Waals surface area (Å²) in [6.45, 7) is 0.553. The number of para-hydroxylation sites is 1. The lowest BCUT2D eigenvalue weighted by molar-refractivity contribution is -0.184. The van der Waals surface area contributed by atoms with Crippen molar-refractivity contribution in [3.63, 3.8) is 0 Å². The molecule has 28 heavy (non-hydrogen) atoms. The Morgan fingerprint density at radius 1 is 0.929 bits per heavy atom. The number of carbonyl (C=O) groups excluding carboxylic acids is 2. The third-order valence-corrected chi connectivity index (χ3v) is 4.70. The minimum atomic E-state index is -1.92. The van der Waals surface area contributed by atoms with Gasteiger partial charge in [0.25, 0.3) is 5.60 Å². The van der Waals surface area contributed by atoms with Gasteiger partial charge in [-0.25, -0.2) is 9.59 Å². The number of hydrogen-bond donors (Lipinski definition) is 0. The van der Waals surface area contributed by atoms with E-state index < -0.39 is 17.5 Å². The summed E-state index contributed by atoms with van der Waals surface area (Å²) in [5.41, 5.74) is 0.601. The van der Waals surface area contributed by atoms with Gasteiger partial charge in [0.05, 0.1) is 32.0 Å². The molecule has 0 radical (unpaired) electrons. The number of hydrogen-bond acceptors (Lipinski definition) is 6. The standard InChI is InChI=1S/C21H22N2O5/c1-26-19(24)21(28-3,20(25)27-2)13-17-16-11-7-8-12-18(16)23(22-17)14-15-9-5-4-6-10-15/h4-12H,13-14H2,1-3H3. The maximum absolute atomic E-state index is 12.4. The summed E-state index contributed by atoms with van der Waals surface area (Å²) in [5, 5.41) is 5.50. The second-order valence-corrected chi connectivity index (χ2v) is 6.30. The molecule has 0 saturated carbocycles. The Labute approximate surface area is 162 Å². The van der Waals surface area contributed by atoms with Crippen LogP contribution in [0, 0.1) is 0 Å². The lowest BCUT2D eigenvalue weighted by Gasteiger charge is -2.25. The highest BCUT2D eigenvalue weighted by Crippen LogP contribution is 2.27. The van der Waals surface area contributed by atoms with Gasteiger partial charge >= 0.3 is 11.9 Å². The van der Waals surface area contributed by atoms with E-state index in [1.807, 2.05) is 59.3 Å². The predicted octanol–water partition coefficient (Wildman–Crippen LogP) is 2.36. The first-order valence-corrected chi connectivity index (χ1v) is 8.76. The zero-order chi connectivity index (χ0) is 20.1. The fourth-order valence-electron chi connectivity index (χ4n) is 3.24. The van der Waals surface area contributed by atoms with Crippen molar-refractivity contribution < 1.29 is 23.8 Å². The van der Waals surface area contributed by atoms with Crippen LogP contribution in [0.25, 0.3) is 10.9 Å². The van der Waals surface area contributed by atoms with E-state index >= 15 is 0 Å². The lowest BCUT2D eigenvalue weighted by Crippen LogP contribution is -2.51. The molecule has 2 aromatic carbocycles. The van der Waals surface area contributed by atoms with Gasteiger partial charge in [-0.05, 0) is 11.6 Å². The summed E-state index contributed by atoms with van der Waals surface area (Å²) in [7, 11) is 3.67. The minimum Gasteiger partial charge on any atom is -0.466 e. The summed E-state index contributed by atoms with van der Waals surface area (Å²) in [5.74, 6) is -1.66. The Balaban J connectivity index is 2.07. The van der Waals surface area contributed by atoms with Crippen molar-refractivity contribution in [2.45, 2.75) is 18.6 Å². The summed E-state index contributed by atoms with van der Waals surface area (Å²) in [6, 6.07) is 17.5. The van der Waals surface area contributed by atoms with Crippen LogP contribution >= 0.6 is 0 Å². The van der Waals surface area contributed by atoms with Crippen molar-refractivity contribution in [3.05, 3.63) is 65.9 Å². The molecule has 0 saturated heterocycles. The summed E-state index contributed by atoms with van der Waals surface area (Å²) in [6.07, 6.45) is -0.106. The van der Waals surface area contributed by atoms with E-state index in [-0.39, 0.29) is 6.42 Å². The maximum Gasteiger partial charge on any atom is 0.350 e. The fraction of sp³-hybridized carbons (Fsp3) is 0.286. The number of carbonyl (C=O) groups is 2. The molecule has 0 spiro atoms. The summed E-state index contributed by atoms with van der Waals surface area (Å²) >= 11 is 0. The number of nitrogens with zero attached hydrogens (tertiary/aromatic N) is 2. The van der Waals surface area contributed by atoms with E-state index in [0.29, 0.717) is 12.2 Å². The highest BCUT2D eigenvalue weighted by atomic mass is 16.6. The van der Waals surface area contributed by atoms with Crippen molar-refractivity contribution in [1.29, 1.82) is 0 Å². The summed E-state index contributed by atoms with van der Waals surface area (Å²) in [4.78, 5) is 24.8. The molecular weight excluding hydrogens is 360 g/mol. The molecule has 0 aliphatic carbocycles. The average molecular weight is 382 g/mol. The SMILES string of the molecule is COC(=O)C(Cc1nn(Cc2ccccc2)c2ccccc12)(OC)C(=O)OC. The molecule has 0 N–H and O–H groups in total. The highest BCUT2D eigenvalue weighted by molar-refractivity contribution is 6.04. The molecule has 0 bridgehead atoms. The molecule has 3 rings (SSSR count). The number of aromatic nitrogens is 2. The smallest absolute Gasteiger partial charge is 0.350 e. The van der Waals surface area contributed by atoms with E-state index in [9.17, 15) is 9.59 Å². The van der Waals surface area contributed by atoms with Crippen molar-refractivity contribution in [2.75, 3.05) is 21.3 Å². The van der Waals surface area contributed by atoms with Gasteiger partial charge in [0.15, 0.2) is 0 Å². The number of benzene rings is 2. The third kappa shape index (κ3) is 3.48. The third-order valence-electron chi connectivity index (χ3n) is 4.70. The molecule has 0 amide bonds. The molecule has 0 atom stereocenters. The van der Waals surface area contributed by atoms with E-state index in [2.05, 4.69) is 5.10 Å². The van der Waals surface area contributed by atoms with Gasteiger partial charge in [0.1, 0.15) is 0 Å². The van der Waals surface area contributed by atoms with Crippen LogP contribution in [-0.2, 0) is 36.8 Å². The Morgan fingerprint density at radius 3 is 2.14 bits per heavy atom. The van der Waals surface area contributed by atoms with Crippen LogP contribution < -0.4 is 0 Å². The molecule has 146 valence electrons. The van der Waals surface area contributed by atoms with E-state index in [1.165, 1.54) is 21.3 Å². The molecule has 7 heteroatoms.